The van der Waals surface area contributed by atoms with Crippen LogP contribution >= 0.6 is 27.5 Å². The first kappa shape index (κ1) is 10.4. The number of hydrogen-bond acceptors (Lipinski definition) is 3. The van der Waals surface area contributed by atoms with E-state index >= 15 is 0 Å². The van der Waals surface area contributed by atoms with E-state index in [2.05, 4.69) is 20.9 Å². The maximum atomic E-state index is 11.4. The molecule has 0 bridgehead atoms. The highest BCUT2D eigenvalue weighted by Crippen LogP contribution is 2.31. The van der Waals surface area contributed by atoms with Crippen LogP contribution in [0, 0.1) is 0 Å². The largest absolute Gasteiger partial charge is 0.447 e. The van der Waals surface area contributed by atoms with Crippen LogP contribution < -0.4 is 5.73 Å². The van der Waals surface area contributed by atoms with E-state index in [1.54, 1.807) is 18.2 Å². The second-order valence-electron chi connectivity index (χ2n) is 2.95. The number of nitrogens with zero attached hydrogens (tertiary/aromatic N) is 1. The molecule has 1 aliphatic rings. The van der Waals surface area contributed by atoms with Gasteiger partial charge in [0.2, 0.25) is 6.10 Å². The number of benzene rings is 1. The van der Waals surface area contributed by atoms with Gasteiger partial charge in [-0.15, -0.1) is 0 Å². The second-order valence-corrected chi connectivity index (χ2v) is 4.27. The van der Waals surface area contributed by atoms with E-state index in [-0.39, 0.29) is 6.02 Å². The van der Waals surface area contributed by atoms with E-state index in [4.69, 9.17) is 22.1 Å². The highest BCUT2D eigenvalue weighted by molar-refractivity contribution is 9.10. The van der Waals surface area contributed by atoms with Crippen LogP contribution in [-0.2, 0) is 9.53 Å². The minimum Gasteiger partial charge on any atom is -0.447 e. The van der Waals surface area contributed by atoms with Gasteiger partial charge in [-0.1, -0.05) is 27.5 Å². The number of hydrogen-bond donors (Lipinski definition) is 1. The molecule has 2 rings (SSSR count). The summed E-state index contributed by atoms with van der Waals surface area (Å²) in [5, 5.41) is 0.446. The standard InChI is InChI=1S/C9H6BrClN2O2/c10-4-1-2-6(11)5(3-4)7-8(14)13-9(12)15-7/h1-3,7H,(H2,12,13,14). The lowest BCUT2D eigenvalue weighted by atomic mass is 10.1. The maximum absolute atomic E-state index is 11.4. The van der Waals surface area contributed by atoms with Crippen molar-refractivity contribution in [2.24, 2.45) is 10.7 Å². The Kier molecular flexibility index (Phi) is 2.67. The fourth-order valence-electron chi connectivity index (χ4n) is 1.28. The van der Waals surface area contributed by atoms with Crippen LogP contribution in [0.4, 0.5) is 0 Å². The van der Waals surface area contributed by atoms with Gasteiger partial charge in [-0.25, -0.2) is 0 Å². The van der Waals surface area contributed by atoms with E-state index < -0.39 is 12.0 Å². The van der Waals surface area contributed by atoms with Gasteiger partial charge in [0.25, 0.3) is 11.9 Å². The van der Waals surface area contributed by atoms with E-state index in [0.717, 1.165) is 4.47 Å². The molecular weight excluding hydrogens is 283 g/mol. The predicted molar refractivity (Wildman–Crippen MR) is 59.6 cm³/mol. The Morgan fingerprint density at radius 1 is 1.53 bits per heavy atom. The van der Waals surface area contributed by atoms with Gasteiger partial charge in [0.05, 0.1) is 0 Å². The number of rotatable bonds is 1. The molecule has 6 heteroatoms. The summed E-state index contributed by atoms with van der Waals surface area (Å²) in [6, 6.07) is 5.03. The molecule has 0 saturated carbocycles. The Morgan fingerprint density at radius 2 is 2.27 bits per heavy atom. The maximum Gasteiger partial charge on any atom is 0.296 e. The Morgan fingerprint density at radius 3 is 2.87 bits per heavy atom. The molecule has 0 aromatic heterocycles. The molecule has 0 aliphatic carbocycles. The highest BCUT2D eigenvalue weighted by atomic mass is 79.9. The number of carbonyl (C=O) groups is 1. The van der Waals surface area contributed by atoms with Gasteiger partial charge in [-0.05, 0) is 18.2 Å². The summed E-state index contributed by atoms with van der Waals surface area (Å²) in [6.07, 6.45) is -0.824. The summed E-state index contributed by atoms with van der Waals surface area (Å²) in [5.74, 6) is -0.437. The second kappa shape index (κ2) is 3.83. The fourth-order valence-corrected chi connectivity index (χ4v) is 1.87. The number of carbonyl (C=O) groups excluding carboxylic acids is 1. The van der Waals surface area contributed by atoms with Crippen LogP contribution in [-0.4, -0.2) is 11.9 Å². The van der Waals surface area contributed by atoms with Crippen molar-refractivity contribution < 1.29 is 9.53 Å². The van der Waals surface area contributed by atoms with Crippen molar-refractivity contribution in [2.75, 3.05) is 0 Å². The van der Waals surface area contributed by atoms with Gasteiger partial charge in [-0.3, -0.25) is 4.79 Å². The number of nitrogens with two attached hydrogens (primary N) is 1. The molecule has 1 heterocycles. The summed E-state index contributed by atoms with van der Waals surface area (Å²) in [5.41, 5.74) is 5.85. The fraction of sp³-hybridized carbons (Fsp3) is 0.111. The van der Waals surface area contributed by atoms with Crippen LogP contribution in [0.5, 0.6) is 0 Å². The Balaban J connectivity index is 2.39. The van der Waals surface area contributed by atoms with Crippen molar-refractivity contribution in [1.29, 1.82) is 0 Å². The minimum absolute atomic E-state index is 0.124. The lowest BCUT2D eigenvalue weighted by Gasteiger charge is -2.10. The molecule has 4 nitrogen and oxygen atoms in total. The molecule has 78 valence electrons. The number of halogens is 2. The third kappa shape index (κ3) is 1.98. The Hall–Kier alpha value is -1.07. The quantitative estimate of drug-likeness (QED) is 0.860. The molecule has 15 heavy (non-hydrogen) atoms. The van der Waals surface area contributed by atoms with E-state index in [9.17, 15) is 4.79 Å². The van der Waals surface area contributed by atoms with E-state index in [0.29, 0.717) is 10.6 Å². The minimum atomic E-state index is -0.824. The van der Waals surface area contributed by atoms with Crippen molar-refractivity contribution in [3.05, 3.63) is 33.3 Å². The first-order valence-electron chi connectivity index (χ1n) is 4.07. The van der Waals surface area contributed by atoms with Gasteiger partial charge in [0, 0.05) is 15.1 Å². The molecular formula is C9H6BrClN2O2. The zero-order valence-electron chi connectivity index (χ0n) is 7.41. The number of ether oxygens (including phenoxy) is 1. The SMILES string of the molecule is NC1=NC(=O)C(c2cc(Br)ccc2Cl)O1. The average Bonchev–Trinajstić information content (AvgIpc) is 2.50. The molecule has 1 aliphatic heterocycles. The third-order valence-corrected chi connectivity index (χ3v) is 2.76. The van der Waals surface area contributed by atoms with Gasteiger partial charge in [0.1, 0.15) is 0 Å². The van der Waals surface area contributed by atoms with Crippen molar-refractivity contribution in [3.8, 4) is 0 Å². The van der Waals surface area contributed by atoms with Crippen LogP contribution in [0.1, 0.15) is 11.7 Å². The van der Waals surface area contributed by atoms with Crippen LogP contribution in [0.25, 0.3) is 0 Å². The normalized spacial score (nSPS) is 20.0. The van der Waals surface area contributed by atoms with Gasteiger partial charge >= 0.3 is 0 Å². The first-order valence-corrected chi connectivity index (χ1v) is 5.24. The molecule has 0 spiro atoms. The van der Waals surface area contributed by atoms with Crippen LogP contribution in [0.3, 0.4) is 0 Å². The summed E-state index contributed by atoms with van der Waals surface area (Å²) in [4.78, 5) is 14.9. The summed E-state index contributed by atoms with van der Waals surface area (Å²) >= 11 is 9.23. The topological polar surface area (TPSA) is 64.7 Å². The average molecular weight is 290 g/mol. The zero-order chi connectivity index (χ0) is 11.0. The Bertz CT molecular complexity index is 461. The van der Waals surface area contributed by atoms with Crippen LogP contribution in [0.15, 0.2) is 27.7 Å². The molecule has 2 N–H and O–H groups in total. The molecule has 1 aromatic carbocycles. The smallest absolute Gasteiger partial charge is 0.296 e. The summed E-state index contributed by atoms with van der Waals surface area (Å²) in [7, 11) is 0. The Labute approximate surface area is 99.2 Å². The van der Waals surface area contributed by atoms with Crippen molar-refractivity contribution >= 4 is 39.5 Å². The zero-order valence-corrected chi connectivity index (χ0v) is 9.75. The lowest BCUT2D eigenvalue weighted by molar-refractivity contribution is -0.122. The van der Waals surface area contributed by atoms with Crippen molar-refractivity contribution in [1.82, 2.24) is 0 Å². The molecule has 1 aromatic rings. The van der Waals surface area contributed by atoms with Crippen molar-refractivity contribution in [2.45, 2.75) is 6.10 Å². The third-order valence-electron chi connectivity index (χ3n) is 1.92. The number of aliphatic imine (C=N–C) groups is 1. The molecule has 0 saturated heterocycles. The van der Waals surface area contributed by atoms with Gasteiger partial charge in [-0.2, -0.15) is 4.99 Å². The molecule has 1 amide bonds. The number of amides is 1. The number of amidine groups is 1. The molecule has 0 radical (unpaired) electrons. The summed E-state index contributed by atoms with van der Waals surface area (Å²) < 4.78 is 5.88. The van der Waals surface area contributed by atoms with Crippen LogP contribution in [0.2, 0.25) is 5.02 Å². The summed E-state index contributed by atoms with van der Waals surface area (Å²) in [6.45, 7) is 0. The molecule has 0 fully saturated rings. The highest BCUT2D eigenvalue weighted by Gasteiger charge is 2.31. The monoisotopic (exact) mass is 288 g/mol. The molecule has 1 atom stereocenters. The van der Waals surface area contributed by atoms with Gasteiger partial charge in [0.15, 0.2) is 0 Å². The lowest BCUT2D eigenvalue weighted by Crippen LogP contribution is -2.14. The van der Waals surface area contributed by atoms with E-state index in [1.807, 2.05) is 0 Å². The van der Waals surface area contributed by atoms with Crippen molar-refractivity contribution in [3.63, 3.8) is 0 Å². The first-order chi connectivity index (χ1) is 7.08. The van der Waals surface area contributed by atoms with Gasteiger partial charge < -0.3 is 10.5 Å². The molecule has 1 unspecified atom stereocenters. The predicted octanol–water partition coefficient (Wildman–Crippen LogP) is 2.02. The van der Waals surface area contributed by atoms with E-state index in [1.165, 1.54) is 0 Å².